The second-order valence-electron chi connectivity index (χ2n) is 8.78. The molecule has 0 saturated heterocycles. The van der Waals surface area contributed by atoms with Gasteiger partial charge in [0.1, 0.15) is 10.6 Å². The third-order valence-electron chi connectivity index (χ3n) is 5.71. The summed E-state index contributed by atoms with van der Waals surface area (Å²) >= 11 is 0. The maximum atomic E-state index is 13.5. The summed E-state index contributed by atoms with van der Waals surface area (Å²) in [5.74, 6) is -0.00546. The summed E-state index contributed by atoms with van der Waals surface area (Å²) in [6.45, 7) is 0. The van der Waals surface area contributed by atoms with Gasteiger partial charge in [0, 0.05) is 31.0 Å². The number of anilines is 3. The summed E-state index contributed by atoms with van der Waals surface area (Å²) in [6.07, 6.45) is 0. The molecule has 200 valence electrons. The molecule has 0 bridgehead atoms. The minimum absolute atomic E-state index is 0.0768. The van der Waals surface area contributed by atoms with E-state index in [1.54, 1.807) is 93.0 Å². The first kappa shape index (κ1) is 27.2. The largest absolute Gasteiger partial charge is 0.495 e. The van der Waals surface area contributed by atoms with Crippen LogP contribution in [0.5, 0.6) is 5.75 Å². The van der Waals surface area contributed by atoms with Gasteiger partial charge in [-0.15, -0.1) is 0 Å². The Bertz CT molecular complexity index is 1610. The molecule has 0 aliphatic heterocycles. The molecule has 4 aromatic rings. The van der Waals surface area contributed by atoms with E-state index in [2.05, 4.69) is 15.4 Å². The molecular weight excluding hydrogens is 516 g/mol. The Kier molecular flexibility index (Phi) is 8.16. The van der Waals surface area contributed by atoms with Crippen LogP contribution in [0.25, 0.3) is 11.1 Å². The number of rotatable bonds is 8. The SMILES string of the molecule is COc1ccc(-c2cccc(C(=O)N(C)C)c2)cc1S(=O)(=O)Nc1cccc(NC(=O)Nc2ccccc2)c1. The van der Waals surface area contributed by atoms with Gasteiger partial charge in [0.25, 0.3) is 15.9 Å². The van der Waals surface area contributed by atoms with Crippen molar-refractivity contribution in [2.24, 2.45) is 0 Å². The average molecular weight is 545 g/mol. The maximum Gasteiger partial charge on any atom is 0.323 e. The van der Waals surface area contributed by atoms with Crippen LogP contribution in [0.4, 0.5) is 21.9 Å². The zero-order valence-electron chi connectivity index (χ0n) is 21.6. The minimum atomic E-state index is -4.10. The zero-order chi connectivity index (χ0) is 28.0. The van der Waals surface area contributed by atoms with Crippen molar-refractivity contribution in [1.29, 1.82) is 0 Å². The van der Waals surface area contributed by atoms with Crippen molar-refractivity contribution in [3.8, 4) is 16.9 Å². The fraction of sp³-hybridized carbons (Fsp3) is 0.103. The molecule has 0 unspecified atom stereocenters. The van der Waals surface area contributed by atoms with Crippen molar-refractivity contribution in [2.45, 2.75) is 4.90 Å². The highest BCUT2D eigenvalue weighted by Gasteiger charge is 2.21. The number of sulfonamides is 1. The van der Waals surface area contributed by atoms with E-state index < -0.39 is 16.1 Å². The van der Waals surface area contributed by atoms with Crippen LogP contribution in [0.3, 0.4) is 0 Å². The smallest absolute Gasteiger partial charge is 0.323 e. The lowest BCUT2D eigenvalue weighted by atomic mass is 10.0. The normalized spacial score (nSPS) is 10.8. The van der Waals surface area contributed by atoms with E-state index in [0.29, 0.717) is 28.1 Å². The molecular formula is C29H28N4O5S. The molecule has 0 aromatic heterocycles. The first-order valence-corrected chi connectivity index (χ1v) is 13.4. The van der Waals surface area contributed by atoms with Gasteiger partial charge in [-0.25, -0.2) is 13.2 Å². The lowest BCUT2D eigenvalue weighted by molar-refractivity contribution is 0.0827. The number of ether oxygens (including phenoxy) is 1. The summed E-state index contributed by atoms with van der Waals surface area (Å²) in [5.41, 5.74) is 3.02. The van der Waals surface area contributed by atoms with E-state index in [0.717, 1.165) is 0 Å². The number of carbonyl (C=O) groups excluding carboxylic acids is 2. The molecule has 0 aliphatic rings. The van der Waals surface area contributed by atoms with Gasteiger partial charge in [-0.05, 0) is 65.7 Å². The number of amides is 3. The standard InChI is InChI=1S/C29H28N4O5S/c1-33(2)28(34)22-10-7-9-20(17-22)21-15-16-26(38-3)27(18-21)39(36,37)32-25-14-8-13-24(19-25)31-29(35)30-23-11-5-4-6-12-23/h4-19,32H,1-3H3,(H2,30,31,35). The van der Waals surface area contributed by atoms with E-state index in [9.17, 15) is 18.0 Å². The average Bonchev–Trinajstić information content (AvgIpc) is 2.92. The molecule has 39 heavy (non-hydrogen) atoms. The zero-order valence-corrected chi connectivity index (χ0v) is 22.5. The molecule has 0 heterocycles. The number of para-hydroxylation sites is 1. The fourth-order valence-corrected chi connectivity index (χ4v) is 5.09. The van der Waals surface area contributed by atoms with Crippen molar-refractivity contribution in [2.75, 3.05) is 36.6 Å². The Labute approximate surface area is 227 Å². The van der Waals surface area contributed by atoms with Crippen LogP contribution in [0.2, 0.25) is 0 Å². The van der Waals surface area contributed by atoms with Crippen molar-refractivity contribution < 1.29 is 22.7 Å². The third-order valence-corrected chi connectivity index (χ3v) is 7.11. The Morgan fingerprint density at radius 3 is 2.08 bits per heavy atom. The van der Waals surface area contributed by atoms with Crippen molar-refractivity contribution in [1.82, 2.24) is 4.90 Å². The molecule has 10 heteroatoms. The van der Waals surface area contributed by atoms with Gasteiger partial charge in [-0.1, -0.05) is 42.5 Å². The van der Waals surface area contributed by atoms with Gasteiger partial charge in [-0.2, -0.15) is 0 Å². The molecule has 0 spiro atoms. The Morgan fingerprint density at radius 1 is 0.718 bits per heavy atom. The van der Waals surface area contributed by atoms with Crippen molar-refractivity contribution in [3.05, 3.63) is 103 Å². The van der Waals surface area contributed by atoms with Crippen molar-refractivity contribution in [3.63, 3.8) is 0 Å². The molecule has 3 N–H and O–H groups in total. The quantitative estimate of drug-likeness (QED) is 0.271. The predicted molar refractivity (Wildman–Crippen MR) is 153 cm³/mol. The molecule has 9 nitrogen and oxygen atoms in total. The number of urea groups is 1. The monoisotopic (exact) mass is 544 g/mol. The number of nitrogens with one attached hydrogen (secondary N) is 3. The topological polar surface area (TPSA) is 117 Å². The highest BCUT2D eigenvalue weighted by atomic mass is 32.2. The summed E-state index contributed by atoms with van der Waals surface area (Å²) in [5, 5.41) is 5.40. The molecule has 4 aromatic carbocycles. The Balaban J connectivity index is 1.58. The molecule has 0 aliphatic carbocycles. The van der Waals surface area contributed by atoms with Crippen LogP contribution in [0.15, 0.2) is 102 Å². The number of nitrogens with zero attached hydrogens (tertiary/aromatic N) is 1. The summed E-state index contributed by atoms with van der Waals surface area (Å²) < 4.78 is 34.8. The van der Waals surface area contributed by atoms with Gasteiger partial charge >= 0.3 is 6.03 Å². The highest BCUT2D eigenvalue weighted by molar-refractivity contribution is 7.92. The Morgan fingerprint density at radius 2 is 1.36 bits per heavy atom. The summed E-state index contributed by atoms with van der Waals surface area (Å²) in [4.78, 5) is 26.2. The first-order chi connectivity index (χ1) is 18.7. The lowest BCUT2D eigenvalue weighted by Gasteiger charge is -2.15. The van der Waals surface area contributed by atoms with Crippen LogP contribution < -0.4 is 20.1 Å². The molecule has 0 fully saturated rings. The van der Waals surface area contributed by atoms with Gasteiger partial charge < -0.3 is 20.3 Å². The summed E-state index contributed by atoms with van der Waals surface area (Å²) in [7, 11) is 0.622. The van der Waals surface area contributed by atoms with E-state index in [1.807, 2.05) is 6.07 Å². The van der Waals surface area contributed by atoms with Gasteiger partial charge in [0.2, 0.25) is 0 Å². The molecule has 3 amide bonds. The number of hydrogen-bond acceptors (Lipinski definition) is 5. The number of carbonyl (C=O) groups is 2. The van der Waals surface area contributed by atoms with Crippen molar-refractivity contribution >= 4 is 39.0 Å². The fourth-order valence-electron chi connectivity index (χ4n) is 3.84. The second kappa shape index (κ2) is 11.7. The number of benzene rings is 4. The van der Waals surface area contributed by atoms with Gasteiger partial charge in [-0.3, -0.25) is 9.52 Å². The maximum absolute atomic E-state index is 13.5. The van der Waals surface area contributed by atoms with E-state index >= 15 is 0 Å². The predicted octanol–water partition coefficient (Wildman–Crippen LogP) is 5.51. The summed E-state index contributed by atoms with van der Waals surface area (Å²) in [6, 6.07) is 26.6. The first-order valence-electron chi connectivity index (χ1n) is 11.9. The molecule has 0 saturated carbocycles. The van der Waals surface area contributed by atoms with Crippen LogP contribution in [-0.4, -0.2) is 46.5 Å². The van der Waals surface area contributed by atoms with Crippen LogP contribution >= 0.6 is 0 Å². The molecule has 0 atom stereocenters. The lowest BCUT2D eigenvalue weighted by Crippen LogP contribution is -2.21. The van der Waals surface area contributed by atoms with Crippen LogP contribution in [-0.2, 0) is 10.0 Å². The van der Waals surface area contributed by atoms with Crippen LogP contribution in [0.1, 0.15) is 10.4 Å². The van der Waals surface area contributed by atoms with E-state index in [-0.39, 0.29) is 22.2 Å². The number of hydrogen-bond donors (Lipinski definition) is 3. The van der Waals surface area contributed by atoms with Gasteiger partial charge in [0.05, 0.1) is 12.8 Å². The third kappa shape index (κ3) is 6.74. The highest BCUT2D eigenvalue weighted by Crippen LogP contribution is 2.32. The Hall–Kier alpha value is -4.83. The second-order valence-corrected chi connectivity index (χ2v) is 10.4. The molecule has 4 rings (SSSR count). The van der Waals surface area contributed by atoms with Gasteiger partial charge in [0.15, 0.2) is 0 Å². The number of methoxy groups -OCH3 is 1. The molecule has 0 radical (unpaired) electrons. The minimum Gasteiger partial charge on any atom is -0.495 e. The van der Waals surface area contributed by atoms with E-state index in [1.165, 1.54) is 24.1 Å². The van der Waals surface area contributed by atoms with E-state index in [4.69, 9.17) is 4.74 Å². The van der Waals surface area contributed by atoms with Crippen LogP contribution in [0, 0.1) is 0 Å².